The summed E-state index contributed by atoms with van der Waals surface area (Å²) in [6, 6.07) is 16.5. The Morgan fingerprint density at radius 2 is 1.73 bits per heavy atom. The van der Waals surface area contributed by atoms with Crippen LogP contribution in [-0.2, 0) is 21.5 Å². The topological polar surface area (TPSA) is 70.2 Å². The van der Waals surface area contributed by atoms with Gasteiger partial charge in [-0.1, -0.05) is 53.7 Å². The van der Waals surface area contributed by atoms with Crippen molar-refractivity contribution in [2.75, 3.05) is 6.61 Å². The fourth-order valence-corrected chi connectivity index (χ4v) is 4.52. The van der Waals surface area contributed by atoms with E-state index in [1.54, 1.807) is 6.20 Å². The predicted octanol–water partition coefficient (Wildman–Crippen LogP) is 5.92. The second kappa shape index (κ2) is 8.63. The normalized spacial score (nSPS) is 14.3. The number of carbonyl (C=O) groups excluding carboxylic acids is 1. The molecule has 1 aliphatic carbocycles. The highest BCUT2D eigenvalue weighted by Gasteiger charge is 2.52. The highest BCUT2D eigenvalue weighted by atomic mass is 79.9. The maximum Gasteiger partial charge on any atom is 0.316 e. The Morgan fingerprint density at radius 3 is 2.30 bits per heavy atom. The van der Waals surface area contributed by atoms with Gasteiger partial charge in [0.2, 0.25) is 0 Å². The second-order valence-corrected chi connectivity index (χ2v) is 9.30. The number of ether oxygens (including phenoxy) is 1. The largest absolute Gasteiger partial charge is 0.465 e. The summed E-state index contributed by atoms with van der Waals surface area (Å²) >= 11 is 3.44. The quantitative estimate of drug-likeness (QED) is 0.291. The van der Waals surface area contributed by atoms with Crippen LogP contribution in [0.3, 0.4) is 0 Å². The third kappa shape index (κ3) is 4.13. The third-order valence-electron chi connectivity index (χ3n) is 6.24. The summed E-state index contributed by atoms with van der Waals surface area (Å²) in [6.45, 7) is 4.79. The van der Waals surface area contributed by atoms with Crippen LogP contribution >= 0.6 is 15.9 Å². The molecule has 0 atom stereocenters. The first kappa shape index (κ1) is 21.6. The van der Waals surface area contributed by atoms with Crippen LogP contribution in [0, 0.1) is 6.92 Å². The Bertz CT molecular complexity index is 1290. The minimum Gasteiger partial charge on any atom is -0.465 e. The molecule has 2 aromatic carbocycles. The van der Waals surface area contributed by atoms with Crippen LogP contribution in [0.4, 0.5) is 0 Å². The molecule has 7 heteroatoms. The van der Waals surface area contributed by atoms with Crippen LogP contribution in [0.1, 0.15) is 36.6 Å². The van der Waals surface area contributed by atoms with Gasteiger partial charge in [-0.05, 0) is 59.3 Å². The Hall–Kier alpha value is -3.19. The van der Waals surface area contributed by atoms with E-state index in [4.69, 9.17) is 9.26 Å². The standard InChI is InChI=1S/C26H24BrN3O3/c1-3-32-25(31)26(12-13-26)21-10-8-19(9-11-21)18-4-6-20(7-5-18)24-23(17(2)29-33-24)16-30-15-22(27)14-28-30/h4-11,14-15H,3,12-13,16H2,1-2H3. The van der Waals surface area contributed by atoms with Crippen LogP contribution < -0.4 is 0 Å². The average molecular weight is 506 g/mol. The van der Waals surface area contributed by atoms with E-state index in [9.17, 15) is 4.79 Å². The van der Waals surface area contributed by atoms with Crippen molar-refractivity contribution < 1.29 is 14.1 Å². The lowest BCUT2D eigenvalue weighted by molar-refractivity contribution is -0.146. The number of aryl methyl sites for hydroxylation is 1. The molecule has 0 spiro atoms. The molecule has 4 aromatic rings. The fraction of sp³-hybridized carbons (Fsp3) is 0.269. The Kier molecular flexibility index (Phi) is 5.66. The van der Waals surface area contributed by atoms with Crippen LogP contribution in [-0.4, -0.2) is 27.5 Å². The third-order valence-corrected chi connectivity index (χ3v) is 6.65. The second-order valence-electron chi connectivity index (χ2n) is 8.39. The van der Waals surface area contributed by atoms with Crippen molar-refractivity contribution in [1.29, 1.82) is 0 Å². The van der Waals surface area contributed by atoms with E-state index in [2.05, 4.69) is 50.5 Å². The first-order valence-electron chi connectivity index (χ1n) is 11.0. The number of nitrogens with zero attached hydrogens (tertiary/aromatic N) is 3. The van der Waals surface area contributed by atoms with Gasteiger partial charge in [-0.15, -0.1) is 0 Å². The van der Waals surface area contributed by atoms with E-state index in [1.165, 1.54) is 0 Å². The maximum absolute atomic E-state index is 12.4. The molecular weight excluding hydrogens is 482 g/mol. The van der Waals surface area contributed by atoms with Gasteiger partial charge in [0.15, 0.2) is 5.76 Å². The Morgan fingerprint density at radius 1 is 1.09 bits per heavy atom. The highest BCUT2D eigenvalue weighted by Crippen LogP contribution is 2.49. The van der Waals surface area contributed by atoms with Crippen LogP contribution in [0.5, 0.6) is 0 Å². The maximum atomic E-state index is 12.4. The van der Waals surface area contributed by atoms with Crippen LogP contribution in [0.15, 0.2) is 69.9 Å². The van der Waals surface area contributed by atoms with Gasteiger partial charge in [-0.3, -0.25) is 9.48 Å². The minimum absolute atomic E-state index is 0.109. The molecule has 6 nitrogen and oxygen atoms in total. The first-order chi connectivity index (χ1) is 16.0. The molecule has 0 N–H and O–H groups in total. The van der Waals surface area contributed by atoms with E-state index >= 15 is 0 Å². The summed E-state index contributed by atoms with van der Waals surface area (Å²) in [4.78, 5) is 12.4. The van der Waals surface area contributed by atoms with Crippen molar-refractivity contribution in [3.8, 4) is 22.5 Å². The summed E-state index contributed by atoms with van der Waals surface area (Å²) in [6.07, 6.45) is 5.40. The van der Waals surface area contributed by atoms with Gasteiger partial charge in [-0.25, -0.2) is 0 Å². The van der Waals surface area contributed by atoms with Crippen molar-refractivity contribution in [3.63, 3.8) is 0 Å². The number of esters is 1. The summed E-state index contributed by atoms with van der Waals surface area (Å²) in [5, 5.41) is 8.52. The lowest BCUT2D eigenvalue weighted by Gasteiger charge is -2.14. The molecular formula is C26H24BrN3O3. The van der Waals surface area contributed by atoms with Gasteiger partial charge in [-0.2, -0.15) is 5.10 Å². The lowest BCUT2D eigenvalue weighted by Crippen LogP contribution is -2.23. The number of rotatable bonds is 7. The number of hydrogen-bond donors (Lipinski definition) is 0. The van der Waals surface area contributed by atoms with E-state index in [0.717, 1.165) is 56.6 Å². The van der Waals surface area contributed by atoms with Gasteiger partial charge in [0.05, 0.1) is 34.9 Å². The molecule has 0 bridgehead atoms. The van der Waals surface area contributed by atoms with Gasteiger partial charge in [0.1, 0.15) is 0 Å². The smallest absolute Gasteiger partial charge is 0.316 e. The zero-order valence-electron chi connectivity index (χ0n) is 18.5. The summed E-state index contributed by atoms with van der Waals surface area (Å²) in [5.74, 6) is 0.647. The van der Waals surface area contributed by atoms with Gasteiger partial charge in [0, 0.05) is 17.3 Å². The van der Waals surface area contributed by atoms with Crippen LogP contribution in [0.2, 0.25) is 0 Å². The van der Waals surface area contributed by atoms with Crippen molar-refractivity contribution >= 4 is 21.9 Å². The molecule has 0 radical (unpaired) electrons. The van der Waals surface area contributed by atoms with E-state index < -0.39 is 5.41 Å². The summed E-state index contributed by atoms with van der Waals surface area (Å²) in [5.41, 5.74) is 5.62. The highest BCUT2D eigenvalue weighted by molar-refractivity contribution is 9.10. The molecule has 168 valence electrons. The molecule has 5 rings (SSSR count). The number of halogens is 1. The van der Waals surface area contributed by atoms with Crippen LogP contribution in [0.25, 0.3) is 22.5 Å². The molecule has 0 saturated heterocycles. The Labute approximate surface area is 200 Å². The predicted molar refractivity (Wildman–Crippen MR) is 129 cm³/mol. The van der Waals surface area contributed by atoms with Crippen molar-refractivity contribution in [2.45, 2.75) is 38.6 Å². The number of hydrogen-bond acceptors (Lipinski definition) is 5. The SMILES string of the molecule is CCOC(=O)C1(c2ccc(-c3ccc(-c4onc(C)c4Cn4cc(Br)cn4)cc3)cc2)CC1. The number of aromatic nitrogens is 3. The van der Waals surface area contributed by atoms with Crippen molar-refractivity contribution in [3.05, 3.63) is 82.2 Å². The van der Waals surface area contributed by atoms with E-state index in [-0.39, 0.29) is 5.97 Å². The fourth-order valence-electron chi connectivity index (χ4n) is 4.19. The molecule has 0 unspecified atom stereocenters. The van der Waals surface area contributed by atoms with Gasteiger partial charge < -0.3 is 9.26 Å². The number of benzene rings is 2. The van der Waals surface area contributed by atoms with E-state index in [0.29, 0.717) is 13.2 Å². The molecule has 2 heterocycles. The van der Waals surface area contributed by atoms with Crippen molar-refractivity contribution in [2.24, 2.45) is 0 Å². The molecule has 2 aromatic heterocycles. The molecule has 1 aliphatic rings. The van der Waals surface area contributed by atoms with Crippen molar-refractivity contribution in [1.82, 2.24) is 14.9 Å². The first-order valence-corrected chi connectivity index (χ1v) is 11.8. The molecule has 0 amide bonds. The monoisotopic (exact) mass is 505 g/mol. The average Bonchev–Trinajstić information content (AvgIpc) is 3.43. The summed E-state index contributed by atoms with van der Waals surface area (Å²) in [7, 11) is 0. The van der Waals surface area contributed by atoms with Gasteiger partial charge >= 0.3 is 5.97 Å². The zero-order chi connectivity index (χ0) is 23.0. The van der Waals surface area contributed by atoms with E-state index in [1.807, 2.05) is 49.0 Å². The minimum atomic E-state index is -0.441. The zero-order valence-corrected chi connectivity index (χ0v) is 20.1. The van der Waals surface area contributed by atoms with Gasteiger partial charge in [0.25, 0.3) is 0 Å². The molecule has 33 heavy (non-hydrogen) atoms. The molecule has 1 saturated carbocycles. The Balaban J connectivity index is 1.36. The number of carbonyl (C=O) groups is 1. The summed E-state index contributed by atoms with van der Waals surface area (Å²) < 4.78 is 13.7. The molecule has 1 fully saturated rings. The molecule has 0 aliphatic heterocycles. The lowest BCUT2D eigenvalue weighted by atomic mass is 9.93.